The molecule has 0 aliphatic carbocycles. The van der Waals surface area contributed by atoms with Crippen LogP contribution in [0.4, 0.5) is 0 Å². The summed E-state index contributed by atoms with van der Waals surface area (Å²) in [5.41, 5.74) is 2.20. The van der Waals surface area contributed by atoms with Crippen molar-refractivity contribution in [3.8, 4) is 0 Å². The Hall–Kier alpha value is -1.44. The summed E-state index contributed by atoms with van der Waals surface area (Å²) in [7, 11) is 0. The van der Waals surface area contributed by atoms with Crippen LogP contribution >= 0.6 is 0 Å². The lowest BCUT2D eigenvalue weighted by molar-refractivity contribution is 1.33. The zero-order chi connectivity index (χ0) is 12.4. The minimum absolute atomic E-state index is 0.754. The fourth-order valence-electron chi connectivity index (χ4n) is 1.18. The molecule has 16 heavy (non-hydrogen) atoms. The van der Waals surface area contributed by atoms with Crippen LogP contribution in [-0.4, -0.2) is 18.1 Å². The minimum atomic E-state index is 0.754. The first-order valence-corrected chi connectivity index (χ1v) is 6.00. The molecular formula is C14H22N2. The number of nitrogens with zero attached hydrogens (tertiary/aromatic N) is 2. The van der Waals surface area contributed by atoms with Gasteiger partial charge >= 0.3 is 0 Å². The Morgan fingerprint density at radius 1 is 0.938 bits per heavy atom. The largest absolute Gasteiger partial charge is 0.260 e. The van der Waals surface area contributed by atoms with E-state index in [1.807, 2.05) is 65.0 Å². The van der Waals surface area contributed by atoms with Gasteiger partial charge in [0.1, 0.15) is 0 Å². The molecule has 0 bridgehead atoms. The molecule has 0 aromatic heterocycles. The molecule has 1 aromatic rings. The third kappa shape index (κ3) is 4.39. The monoisotopic (exact) mass is 218 g/mol. The van der Waals surface area contributed by atoms with Crippen LogP contribution in [0.15, 0.2) is 40.3 Å². The lowest BCUT2D eigenvalue weighted by atomic mass is 10.2. The molecule has 0 atom stereocenters. The number of rotatable bonds is 1. The third-order valence-corrected chi connectivity index (χ3v) is 1.79. The van der Waals surface area contributed by atoms with Gasteiger partial charge in [0, 0.05) is 11.3 Å². The van der Waals surface area contributed by atoms with E-state index in [-0.39, 0.29) is 0 Å². The van der Waals surface area contributed by atoms with E-state index in [1.165, 1.54) is 0 Å². The van der Waals surface area contributed by atoms with Gasteiger partial charge in [0.2, 0.25) is 0 Å². The Morgan fingerprint density at radius 3 is 1.94 bits per heavy atom. The van der Waals surface area contributed by atoms with Crippen LogP contribution in [0.1, 0.15) is 40.2 Å². The summed E-state index contributed by atoms with van der Waals surface area (Å²) in [5.74, 6) is 0.869. The van der Waals surface area contributed by atoms with Crippen molar-refractivity contribution in [1.29, 1.82) is 0 Å². The van der Waals surface area contributed by atoms with Crippen molar-refractivity contribution in [2.45, 2.75) is 34.6 Å². The quantitative estimate of drug-likeness (QED) is 0.681. The van der Waals surface area contributed by atoms with E-state index in [1.54, 1.807) is 0 Å². The van der Waals surface area contributed by atoms with Gasteiger partial charge in [0.15, 0.2) is 5.84 Å². The number of hydrogen-bond donors (Lipinski definition) is 0. The van der Waals surface area contributed by atoms with Crippen LogP contribution in [0.5, 0.6) is 0 Å². The maximum absolute atomic E-state index is 4.33. The second kappa shape index (κ2) is 8.84. The summed E-state index contributed by atoms with van der Waals surface area (Å²) in [5, 5.41) is 0. The van der Waals surface area contributed by atoms with Crippen molar-refractivity contribution < 1.29 is 0 Å². The third-order valence-electron chi connectivity index (χ3n) is 1.79. The summed E-state index contributed by atoms with van der Waals surface area (Å²) in [6, 6.07) is 10.1. The Morgan fingerprint density at radius 2 is 1.50 bits per heavy atom. The van der Waals surface area contributed by atoms with Crippen LogP contribution in [0.25, 0.3) is 0 Å². The Kier molecular flexibility index (Phi) is 8.04. The van der Waals surface area contributed by atoms with Crippen LogP contribution < -0.4 is 0 Å². The first-order chi connectivity index (χ1) is 7.86. The number of hydrogen-bond acceptors (Lipinski definition) is 2. The van der Waals surface area contributed by atoms with Gasteiger partial charge in [-0.1, -0.05) is 58.0 Å². The molecule has 0 N–H and O–H groups in total. The number of amidine groups is 1. The molecule has 88 valence electrons. The highest BCUT2D eigenvalue weighted by Gasteiger charge is 2.06. The predicted molar refractivity (Wildman–Crippen MR) is 73.7 cm³/mol. The molecule has 1 aliphatic heterocycles. The van der Waals surface area contributed by atoms with E-state index in [0.717, 1.165) is 23.7 Å². The number of benzene rings is 1. The lowest BCUT2D eigenvalue weighted by Gasteiger charge is -1.94. The summed E-state index contributed by atoms with van der Waals surface area (Å²) in [6.07, 6.45) is 0. The average Bonchev–Trinajstić information content (AvgIpc) is 2.82. The molecule has 0 amide bonds. The Balaban J connectivity index is 0.000000509. The van der Waals surface area contributed by atoms with Gasteiger partial charge in [-0.05, 0) is 6.92 Å². The first kappa shape index (κ1) is 14.6. The zero-order valence-electron chi connectivity index (χ0n) is 11.0. The fourth-order valence-corrected chi connectivity index (χ4v) is 1.18. The van der Waals surface area contributed by atoms with Gasteiger partial charge in [0.25, 0.3) is 0 Å². The van der Waals surface area contributed by atoms with E-state index < -0.39 is 0 Å². The Labute approximate surface area is 99.1 Å². The lowest BCUT2D eigenvalue weighted by Crippen LogP contribution is -1.92. The molecule has 1 aromatic carbocycles. The fraction of sp³-hybridized carbons (Fsp3) is 0.429. The molecule has 1 heterocycles. The second-order valence-electron chi connectivity index (χ2n) is 2.85. The maximum Gasteiger partial charge on any atom is 0.154 e. The maximum atomic E-state index is 4.33. The zero-order valence-corrected chi connectivity index (χ0v) is 11.0. The topological polar surface area (TPSA) is 24.7 Å². The summed E-state index contributed by atoms with van der Waals surface area (Å²) in [4.78, 5) is 8.63. The van der Waals surface area contributed by atoms with Crippen molar-refractivity contribution in [2.24, 2.45) is 9.98 Å². The molecule has 0 unspecified atom stereocenters. The van der Waals surface area contributed by atoms with Gasteiger partial charge in [-0.15, -0.1) is 0 Å². The van der Waals surface area contributed by atoms with E-state index in [2.05, 4.69) is 9.98 Å². The standard InChI is InChI=1S/C10H10N2.2C2H6/c1-8-7-11-10(12-8)9-5-3-2-4-6-9;2*1-2/h2-6H,7H2,1H3;2*1-2H3. The van der Waals surface area contributed by atoms with Crippen molar-refractivity contribution in [2.75, 3.05) is 6.54 Å². The summed E-state index contributed by atoms with van der Waals surface area (Å²) in [6.45, 7) is 10.8. The van der Waals surface area contributed by atoms with Crippen molar-refractivity contribution in [3.63, 3.8) is 0 Å². The first-order valence-electron chi connectivity index (χ1n) is 6.00. The van der Waals surface area contributed by atoms with Crippen molar-refractivity contribution >= 4 is 11.5 Å². The molecule has 0 spiro atoms. The van der Waals surface area contributed by atoms with Gasteiger partial charge < -0.3 is 0 Å². The van der Waals surface area contributed by atoms with Crippen LogP contribution in [-0.2, 0) is 0 Å². The van der Waals surface area contributed by atoms with E-state index in [9.17, 15) is 0 Å². The Bertz CT molecular complexity index is 337. The van der Waals surface area contributed by atoms with Gasteiger partial charge in [-0.2, -0.15) is 0 Å². The van der Waals surface area contributed by atoms with Gasteiger partial charge in [0.05, 0.1) is 6.54 Å². The molecule has 2 heteroatoms. The van der Waals surface area contributed by atoms with Crippen molar-refractivity contribution in [1.82, 2.24) is 0 Å². The molecule has 2 nitrogen and oxygen atoms in total. The molecule has 0 fully saturated rings. The minimum Gasteiger partial charge on any atom is -0.260 e. The van der Waals surface area contributed by atoms with Gasteiger partial charge in [-0.3, -0.25) is 4.99 Å². The molecule has 0 saturated heterocycles. The summed E-state index contributed by atoms with van der Waals surface area (Å²) < 4.78 is 0. The molecule has 0 saturated carbocycles. The molecule has 0 radical (unpaired) electrons. The van der Waals surface area contributed by atoms with Gasteiger partial charge in [-0.25, -0.2) is 4.99 Å². The van der Waals surface area contributed by atoms with E-state index in [0.29, 0.717) is 0 Å². The smallest absolute Gasteiger partial charge is 0.154 e. The van der Waals surface area contributed by atoms with E-state index in [4.69, 9.17) is 0 Å². The summed E-state index contributed by atoms with van der Waals surface area (Å²) >= 11 is 0. The highest BCUT2D eigenvalue weighted by atomic mass is 15.0. The molecular weight excluding hydrogens is 196 g/mol. The van der Waals surface area contributed by atoms with Crippen LogP contribution in [0.2, 0.25) is 0 Å². The highest BCUT2D eigenvalue weighted by Crippen LogP contribution is 2.06. The normalized spacial score (nSPS) is 12.6. The number of aliphatic imine (C=N–C) groups is 2. The van der Waals surface area contributed by atoms with Crippen LogP contribution in [0, 0.1) is 0 Å². The molecule has 1 aliphatic rings. The predicted octanol–water partition coefficient (Wildman–Crippen LogP) is 3.96. The second-order valence-corrected chi connectivity index (χ2v) is 2.85. The SMILES string of the molecule is CC.CC.CC1=NC(c2ccccc2)=NC1. The van der Waals surface area contributed by atoms with E-state index >= 15 is 0 Å². The average molecular weight is 218 g/mol. The van der Waals surface area contributed by atoms with Crippen LogP contribution in [0.3, 0.4) is 0 Å². The van der Waals surface area contributed by atoms with Crippen molar-refractivity contribution in [3.05, 3.63) is 35.9 Å². The molecule has 2 rings (SSSR count). The highest BCUT2D eigenvalue weighted by molar-refractivity contribution is 6.10.